The highest BCUT2D eigenvalue weighted by atomic mass is 16.3. The van der Waals surface area contributed by atoms with Crippen LogP contribution >= 0.6 is 0 Å². The van der Waals surface area contributed by atoms with Gasteiger partial charge in [-0.15, -0.1) is 0 Å². The van der Waals surface area contributed by atoms with E-state index >= 15 is 0 Å². The van der Waals surface area contributed by atoms with Gasteiger partial charge >= 0.3 is 0 Å². The minimum Gasteiger partial charge on any atom is -0.465 e. The van der Waals surface area contributed by atoms with E-state index in [1.54, 1.807) is 0 Å². The second-order valence-corrected chi connectivity index (χ2v) is 4.87. The normalized spacial score (nSPS) is 21.2. The lowest BCUT2D eigenvalue weighted by molar-refractivity contribution is 0.0672. The van der Waals surface area contributed by atoms with Gasteiger partial charge in [0.1, 0.15) is 11.5 Å². The monoisotopic (exact) mass is 223 g/mol. The van der Waals surface area contributed by atoms with Crippen LogP contribution in [0.25, 0.3) is 0 Å². The Morgan fingerprint density at radius 1 is 1.44 bits per heavy atom. The summed E-state index contributed by atoms with van der Waals surface area (Å²) in [7, 11) is 0. The second-order valence-electron chi connectivity index (χ2n) is 4.87. The first-order valence-corrected chi connectivity index (χ1v) is 6.11. The fraction of sp³-hybridized carbons (Fsp3) is 0.692. The van der Waals surface area contributed by atoms with Crippen molar-refractivity contribution in [1.82, 2.24) is 4.90 Å². The summed E-state index contributed by atoms with van der Waals surface area (Å²) in [5, 5.41) is 9.52. The van der Waals surface area contributed by atoms with Gasteiger partial charge in [0.05, 0.1) is 12.6 Å². The summed E-state index contributed by atoms with van der Waals surface area (Å²) in [4.78, 5) is 2.40. The minimum atomic E-state index is -0.159. The van der Waals surface area contributed by atoms with E-state index < -0.39 is 0 Å². The van der Waals surface area contributed by atoms with Crippen molar-refractivity contribution in [3.05, 3.63) is 23.7 Å². The number of nitrogens with zero attached hydrogens (tertiary/aromatic N) is 1. The van der Waals surface area contributed by atoms with Gasteiger partial charge in [-0.3, -0.25) is 4.90 Å². The van der Waals surface area contributed by atoms with Gasteiger partial charge in [-0.2, -0.15) is 0 Å². The summed E-state index contributed by atoms with van der Waals surface area (Å²) in [5.41, 5.74) is 0. The molecule has 1 atom stereocenters. The molecule has 0 radical (unpaired) electrons. The standard InChI is InChI=1S/C13H21NO2/c1-10-3-4-13(16-10)9-14-7-5-12(6-8-14)11(2)15/h3-4,11-12,15H,5-9H2,1-2H3. The molecule has 1 aromatic rings. The summed E-state index contributed by atoms with van der Waals surface area (Å²) in [6.07, 6.45) is 2.03. The van der Waals surface area contributed by atoms with Crippen LogP contribution in [0.4, 0.5) is 0 Å². The molecular weight excluding hydrogens is 202 g/mol. The SMILES string of the molecule is Cc1ccc(CN2CCC(C(C)O)CC2)o1. The van der Waals surface area contributed by atoms with Crippen LogP contribution in [-0.4, -0.2) is 29.2 Å². The van der Waals surface area contributed by atoms with Gasteiger partial charge in [0.2, 0.25) is 0 Å². The molecule has 90 valence electrons. The van der Waals surface area contributed by atoms with Crippen LogP contribution in [0.2, 0.25) is 0 Å². The van der Waals surface area contributed by atoms with Crippen molar-refractivity contribution < 1.29 is 9.52 Å². The molecule has 0 saturated carbocycles. The van der Waals surface area contributed by atoms with Crippen LogP contribution in [0.1, 0.15) is 31.3 Å². The van der Waals surface area contributed by atoms with Crippen LogP contribution < -0.4 is 0 Å². The Bertz CT molecular complexity index is 324. The number of likely N-dealkylation sites (tertiary alicyclic amines) is 1. The number of aryl methyl sites for hydroxylation is 1. The summed E-state index contributed by atoms with van der Waals surface area (Å²) in [6, 6.07) is 4.06. The third-order valence-corrected chi connectivity index (χ3v) is 3.49. The van der Waals surface area contributed by atoms with Gasteiger partial charge in [0, 0.05) is 0 Å². The molecule has 2 rings (SSSR count). The third-order valence-electron chi connectivity index (χ3n) is 3.49. The first-order valence-electron chi connectivity index (χ1n) is 6.11. The Hall–Kier alpha value is -0.800. The largest absolute Gasteiger partial charge is 0.465 e. The van der Waals surface area contributed by atoms with Crippen LogP contribution in [0, 0.1) is 12.8 Å². The number of furan rings is 1. The maximum absolute atomic E-state index is 9.52. The molecular formula is C13H21NO2. The average Bonchev–Trinajstić information content (AvgIpc) is 2.65. The van der Waals surface area contributed by atoms with E-state index in [-0.39, 0.29) is 6.10 Å². The van der Waals surface area contributed by atoms with Crippen molar-refractivity contribution in [2.24, 2.45) is 5.92 Å². The summed E-state index contributed by atoms with van der Waals surface area (Å²) < 4.78 is 5.57. The number of rotatable bonds is 3. The molecule has 1 aliphatic rings. The van der Waals surface area contributed by atoms with Crippen LogP contribution in [-0.2, 0) is 6.54 Å². The van der Waals surface area contributed by atoms with Gasteiger partial charge in [-0.25, -0.2) is 0 Å². The lowest BCUT2D eigenvalue weighted by Gasteiger charge is -2.32. The van der Waals surface area contributed by atoms with E-state index in [9.17, 15) is 5.11 Å². The summed E-state index contributed by atoms with van der Waals surface area (Å²) >= 11 is 0. The molecule has 0 amide bonds. The fourth-order valence-electron chi connectivity index (χ4n) is 2.38. The molecule has 1 N–H and O–H groups in total. The van der Waals surface area contributed by atoms with Gasteiger partial charge in [-0.05, 0) is 57.8 Å². The minimum absolute atomic E-state index is 0.159. The molecule has 3 heteroatoms. The van der Waals surface area contributed by atoms with Crippen molar-refractivity contribution in [2.45, 2.75) is 39.3 Å². The fourth-order valence-corrected chi connectivity index (χ4v) is 2.38. The quantitative estimate of drug-likeness (QED) is 0.853. The zero-order valence-corrected chi connectivity index (χ0v) is 10.1. The molecule has 16 heavy (non-hydrogen) atoms. The lowest BCUT2D eigenvalue weighted by atomic mass is 9.92. The van der Waals surface area contributed by atoms with E-state index in [1.165, 1.54) is 0 Å². The predicted octanol–water partition coefficient (Wildman–Crippen LogP) is 2.18. The Balaban J connectivity index is 1.81. The molecule has 0 spiro atoms. The first-order chi connectivity index (χ1) is 7.65. The van der Waals surface area contributed by atoms with Crippen LogP contribution in [0.5, 0.6) is 0 Å². The van der Waals surface area contributed by atoms with Gasteiger partial charge < -0.3 is 9.52 Å². The predicted molar refractivity (Wildman–Crippen MR) is 63.1 cm³/mol. The molecule has 0 aliphatic carbocycles. The zero-order chi connectivity index (χ0) is 11.5. The molecule has 0 aromatic carbocycles. The van der Waals surface area contributed by atoms with Crippen LogP contribution in [0.15, 0.2) is 16.5 Å². The number of aliphatic hydroxyl groups excluding tert-OH is 1. The summed E-state index contributed by atoms with van der Waals surface area (Å²) in [5.74, 6) is 2.51. The van der Waals surface area contributed by atoms with Crippen molar-refractivity contribution in [3.8, 4) is 0 Å². The van der Waals surface area contributed by atoms with Crippen molar-refractivity contribution >= 4 is 0 Å². The molecule has 1 saturated heterocycles. The molecule has 1 aromatic heterocycles. The van der Waals surface area contributed by atoms with E-state index in [4.69, 9.17) is 4.42 Å². The maximum atomic E-state index is 9.52. The molecule has 3 nitrogen and oxygen atoms in total. The second kappa shape index (κ2) is 5.02. The molecule has 1 aliphatic heterocycles. The molecule has 1 unspecified atom stereocenters. The molecule has 0 bridgehead atoms. The van der Waals surface area contributed by atoms with Crippen molar-refractivity contribution in [2.75, 3.05) is 13.1 Å². The highest BCUT2D eigenvalue weighted by Crippen LogP contribution is 2.22. The number of aliphatic hydroxyl groups is 1. The van der Waals surface area contributed by atoms with Crippen LogP contribution in [0.3, 0.4) is 0 Å². The highest BCUT2D eigenvalue weighted by Gasteiger charge is 2.22. The Labute approximate surface area is 97.1 Å². The van der Waals surface area contributed by atoms with E-state index in [0.717, 1.165) is 44.0 Å². The van der Waals surface area contributed by atoms with E-state index in [1.807, 2.05) is 19.9 Å². The Kier molecular flexibility index (Phi) is 3.66. The lowest BCUT2D eigenvalue weighted by Crippen LogP contribution is -2.36. The topological polar surface area (TPSA) is 36.6 Å². The van der Waals surface area contributed by atoms with Gasteiger partial charge in [-0.1, -0.05) is 0 Å². The van der Waals surface area contributed by atoms with Gasteiger partial charge in [0.15, 0.2) is 0 Å². The zero-order valence-electron chi connectivity index (χ0n) is 10.1. The van der Waals surface area contributed by atoms with E-state index in [2.05, 4.69) is 11.0 Å². The number of piperidine rings is 1. The van der Waals surface area contributed by atoms with Crippen molar-refractivity contribution in [1.29, 1.82) is 0 Å². The molecule has 2 heterocycles. The van der Waals surface area contributed by atoms with Crippen molar-refractivity contribution in [3.63, 3.8) is 0 Å². The first kappa shape index (κ1) is 11.7. The van der Waals surface area contributed by atoms with Gasteiger partial charge in [0.25, 0.3) is 0 Å². The average molecular weight is 223 g/mol. The third kappa shape index (κ3) is 2.86. The maximum Gasteiger partial charge on any atom is 0.118 e. The highest BCUT2D eigenvalue weighted by molar-refractivity contribution is 5.05. The van der Waals surface area contributed by atoms with E-state index in [0.29, 0.717) is 5.92 Å². The Morgan fingerprint density at radius 2 is 2.12 bits per heavy atom. The Morgan fingerprint density at radius 3 is 2.62 bits per heavy atom. The summed E-state index contributed by atoms with van der Waals surface area (Å²) in [6.45, 7) is 6.91. The number of hydrogen-bond donors (Lipinski definition) is 1. The number of hydrogen-bond acceptors (Lipinski definition) is 3. The molecule has 1 fully saturated rings. The smallest absolute Gasteiger partial charge is 0.118 e.